The average molecular weight is 249 g/mol. The van der Waals surface area contributed by atoms with Crippen molar-refractivity contribution in [3.8, 4) is 0 Å². The van der Waals surface area contributed by atoms with Gasteiger partial charge in [0.05, 0.1) is 0 Å². The molecule has 102 valence electrons. The van der Waals surface area contributed by atoms with Gasteiger partial charge in [-0.25, -0.2) is 0 Å². The van der Waals surface area contributed by atoms with E-state index in [1.54, 1.807) is 0 Å². The number of benzene rings is 1. The molecule has 0 amide bonds. The Morgan fingerprint density at radius 3 is 2.17 bits per heavy atom. The molecule has 2 nitrogen and oxygen atoms in total. The molecule has 0 heterocycles. The van der Waals surface area contributed by atoms with Crippen LogP contribution in [0.3, 0.4) is 0 Å². The van der Waals surface area contributed by atoms with Crippen molar-refractivity contribution in [1.82, 2.24) is 5.32 Å². The first-order valence-electron chi connectivity index (χ1n) is 6.84. The van der Waals surface area contributed by atoms with Crippen LogP contribution >= 0.6 is 0 Å². The Morgan fingerprint density at radius 1 is 1.17 bits per heavy atom. The van der Waals surface area contributed by atoms with E-state index in [1.165, 1.54) is 22.3 Å². The lowest BCUT2D eigenvalue weighted by atomic mass is 9.93. The van der Waals surface area contributed by atoms with E-state index in [4.69, 9.17) is 5.11 Å². The van der Waals surface area contributed by atoms with Crippen molar-refractivity contribution in [2.45, 2.75) is 59.5 Å². The third kappa shape index (κ3) is 3.82. The second-order valence-electron chi connectivity index (χ2n) is 5.62. The molecule has 0 bridgehead atoms. The van der Waals surface area contributed by atoms with Crippen LogP contribution < -0.4 is 5.32 Å². The normalized spacial score (nSPS) is 14.6. The molecule has 0 fully saturated rings. The zero-order chi connectivity index (χ0) is 13.8. The highest BCUT2D eigenvalue weighted by Gasteiger charge is 2.20. The summed E-state index contributed by atoms with van der Waals surface area (Å²) in [5.74, 6) is 0. The van der Waals surface area contributed by atoms with Crippen molar-refractivity contribution in [1.29, 1.82) is 0 Å². The van der Waals surface area contributed by atoms with E-state index >= 15 is 0 Å². The quantitative estimate of drug-likeness (QED) is 0.811. The van der Waals surface area contributed by atoms with E-state index in [-0.39, 0.29) is 12.1 Å². The Hall–Kier alpha value is -0.860. The summed E-state index contributed by atoms with van der Waals surface area (Å²) in [6, 6.07) is 4.47. The Bertz CT molecular complexity index is 377. The minimum atomic E-state index is 0.0263. The molecule has 1 rings (SSSR count). The lowest BCUT2D eigenvalue weighted by molar-refractivity contribution is 0.214. The Balaban J connectivity index is 2.80. The molecule has 1 aromatic carbocycles. The summed E-state index contributed by atoms with van der Waals surface area (Å²) in [6.07, 6.45) is 1.82. The monoisotopic (exact) mass is 249 g/mol. The number of aryl methyl sites for hydroxylation is 3. The van der Waals surface area contributed by atoms with Gasteiger partial charge in [0.2, 0.25) is 0 Å². The number of aliphatic hydroxyl groups is 1. The van der Waals surface area contributed by atoms with Gasteiger partial charge < -0.3 is 10.4 Å². The molecule has 0 radical (unpaired) electrons. The maximum atomic E-state index is 9.14. The summed E-state index contributed by atoms with van der Waals surface area (Å²) in [7, 11) is 0. The molecule has 1 aromatic rings. The van der Waals surface area contributed by atoms with Crippen LogP contribution in [0.4, 0.5) is 0 Å². The predicted molar refractivity (Wildman–Crippen MR) is 77.9 cm³/mol. The van der Waals surface area contributed by atoms with Gasteiger partial charge in [-0.05, 0) is 57.2 Å². The van der Waals surface area contributed by atoms with E-state index in [1.807, 2.05) is 0 Å². The summed E-state index contributed by atoms with van der Waals surface area (Å²) >= 11 is 0. The van der Waals surface area contributed by atoms with Crippen LogP contribution in [0.5, 0.6) is 0 Å². The van der Waals surface area contributed by atoms with Crippen molar-refractivity contribution < 1.29 is 5.11 Å². The zero-order valence-electron chi connectivity index (χ0n) is 12.4. The summed E-state index contributed by atoms with van der Waals surface area (Å²) in [6.45, 7) is 11.9. The fourth-order valence-electron chi connectivity index (χ4n) is 2.43. The predicted octanol–water partition coefficient (Wildman–Crippen LogP) is 3.25. The molecule has 0 saturated carbocycles. The molecule has 0 saturated heterocycles. The van der Waals surface area contributed by atoms with Gasteiger partial charge in [0, 0.05) is 18.7 Å². The Kier molecular flexibility index (Phi) is 5.36. The van der Waals surface area contributed by atoms with Crippen molar-refractivity contribution in [3.63, 3.8) is 0 Å². The van der Waals surface area contributed by atoms with Crippen molar-refractivity contribution in [2.75, 3.05) is 6.61 Å². The molecule has 1 atom stereocenters. The molecule has 0 aliphatic heterocycles. The van der Waals surface area contributed by atoms with Gasteiger partial charge in [-0.1, -0.05) is 24.6 Å². The van der Waals surface area contributed by atoms with Crippen LogP contribution in [0.15, 0.2) is 12.1 Å². The first-order valence-corrected chi connectivity index (χ1v) is 6.84. The average Bonchev–Trinajstić information content (AvgIpc) is 2.28. The highest BCUT2D eigenvalue weighted by Crippen LogP contribution is 2.19. The fourth-order valence-corrected chi connectivity index (χ4v) is 2.43. The van der Waals surface area contributed by atoms with Crippen LogP contribution in [0.2, 0.25) is 0 Å². The van der Waals surface area contributed by atoms with E-state index in [0.29, 0.717) is 0 Å². The first-order chi connectivity index (χ1) is 8.41. The molecule has 0 spiro atoms. The highest BCUT2D eigenvalue weighted by atomic mass is 16.3. The van der Waals surface area contributed by atoms with Gasteiger partial charge in [-0.15, -0.1) is 0 Å². The summed E-state index contributed by atoms with van der Waals surface area (Å²) in [5.41, 5.74) is 5.43. The van der Waals surface area contributed by atoms with Gasteiger partial charge in [0.25, 0.3) is 0 Å². The number of hydrogen-bond acceptors (Lipinski definition) is 2. The lowest BCUT2D eigenvalue weighted by Crippen LogP contribution is -2.42. The summed E-state index contributed by atoms with van der Waals surface area (Å²) in [4.78, 5) is 0. The van der Waals surface area contributed by atoms with Gasteiger partial charge in [0.15, 0.2) is 0 Å². The van der Waals surface area contributed by atoms with Crippen molar-refractivity contribution in [2.24, 2.45) is 0 Å². The molecular weight excluding hydrogens is 222 g/mol. The second-order valence-corrected chi connectivity index (χ2v) is 5.62. The highest BCUT2D eigenvalue weighted by molar-refractivity contribution is 5.37. The maximum Gasteiger partial charge on any atom is 0.0448 e. The van der Waals surface area contributed by atoms with Crippen LogP contribution in [-0.2, 0) is 6.54 Å². The van der Waals surface area contributed by atoms with Crippen molar-refractivity contribution >= 4 is 0 Å². The summed E-state index contributed by atoms with van der Waals surface area (Å²) in [5, 5.41) is 12.7. The standard InChI is InChI=1S/C16H27NO/c1-6-16(5,7-8-18)17-11-15-13(3)9-12(2)10-14(15)4/h9-10,17-18H,6-8,11H2,1-5H3. The molecule has 2 N–H and O–H groups in total. The first kappa shape index (κ1) is 15.2. The minimum absolute atomic E-state index is 0.0263. The smallest absolute Gasteiger partial charge is 0.0448 e. The Labute approximate surface area is 111 Å². The third-order valence-electron chi connectivity index (χ3n) is 3.98. The van der Waals surface area contributed by atoms with Gasteiger partial charge in [0.1, 0.15) is 0 Å². The van der Waals surface area contributed by atoms with E-state index < -0.39 is 0 Å². The van der Waals surface area contributed by atoms with E-state index in [2.05, 4.69) is 52.1 Å². The number of hydrogen-bond donors (Lipinski definition) is 2. The van der Waals surface area contributed by atoms with E-state index in [0.717, 1.165) is 19.4 Å². The largest absolute Gasteiger partial charge is 0.396 e. The molecule has 1 unspecified atom stereocenters. The van der Waals surface area contributed by atoms with Gasteiger partial charge in [-0.2, -0.15) is 0 Å². The molecule has 0 aliphatic rings. The molecule has 0 aliphatic carbocycles. The van der Waals surface area contributed by atoms with Crippen LogP contribution in [0.25, 0.3) is 0 Å². The Morgan fingerprint density at radius 2 is 1.72 bits per heavy atom. The second kappa shape index (κ2) is 6.35. The maximum absolute atomic E-state index is 9.14. The molecule has 2 heteroatoms. The van der Waals surface area contributed by atoms with Gasteiger partial charge in [-0.3, -0.25) is 0 Å². The minimum Gasteiger partial charge on any atom is -0.396 e. The topological polar surface area (TPSA) is 32.3 Å². The SMILES string of the molecule is CCC(C)(CCO)NCc1c(C)cc(C)cc1C. The zero-order valence-corrected chi connectivity index (χ0v) is 12.4. The number of aliphatic hydroxyl groups excluding tert-OH is 1. The van der Waals surface area contributed by atoms with Crippen LogP contribution in [-0.4, -0.2) is 17.3 Å². The van der Waals surface area contributed by atoms with Gasteiger partial charge >= 0.3 is 0 Å². The third-order valence-corrected chi connectivity index (χ3v) is 3.98. The molecule has 0 aromatic heterocycles. The van der Waals surface area contributed by atoms with Crippen LogP contribution in [0.1, 0.15) is 48.9 Å². The number of nitrogens with one attached hydrogen (secondary N) is 1. The molecule has 18 heavy (non-hydrogen) atoms. The lowest BCUT2D eigenvalue weighted by Gasteiger charge is -2.30. The van der Waals surface area contributed by atoms with Crippen molar-refractivity contribution in [3.05, 3.63) is 34.4 Å². The number of rotatable bonds is 6. The molecular formula is C16H27NO. The van der Waals surface area contributed by atoms with E-state index in [9.17, 15) is 0 Å². The summed E-state index contributed by atoms with van der Waals surface area (Å²) < 4.78 is 0. The van der Waals surface area contributed by atoms with Crippen LogP contribution in [0, 0.1) is 20.8 Å². The fraction of sp³-hybridized carbons (Fsp3) is 0.625.